The predicted molar refractivity (Wildman–Crippen MR) is 107 cm³/mol. The van der Waals surface area contributed by atoms with E-state index in [1.807, 2.05) is 4.90 Å². The van der Waals surface area contributed by atoms with Crippen molar-refractivity contribution in [3.8, 4) is 0 Å². The number of carbonyl (C=O) groups excluding carboxylic acids is 1. The summed E-state index contributed by atoms with van der Waals surface area (Å²) < 4.78 is 19.9. The summed E-state index contributed by atoms with van der Waals surface area (Å²) in [7, 11) is 0.189. The summed E-state index contributed by atoms with van der Waals surface area (Å²) in [5, 5.41) is 2.99. The van der Waals surface area contributed by atoms with Crippen LogP contribution in [0.25, 0.3) is 0 Å². The van der Waals surface area contributed by atoms with E-state index >= 15 is 0 Å². The molecule has 8 heteroatoms. The minimum absolute atomic E-state index is 0.189. The lowest BCUT2D eigenvalue weighted by Gasteiger charge is -2.31. The van der Waals surface area contributed by atoms with Crippen LogP contribution >= 0.6 is 22.7 Å². The van der Waals surface area contributed by atoms with Crippen molar-refractivity contribution in [2.24, 2.45) is 0 Å². The minimum atomic E-state index is -0.458. The van der Waals surface area contributed by atoms with E-state index in [0.29, 0.717) is 29.5 Å². The molecule has 2 aliphatic rings. The third-order valence-electron chi connectivity index (χ3n) is 4.34. The van der Waals surface area contributed by atoms with Gasteiger partial charge in [0, 0.05) is 24.6 Å². The first-order valence-corrected chi connectivity index (χ1v) is 10.3. The van der Waals surface area contributed by atoms with Crippen LogP contribution in [0.3, 0.4) is 0 Å². The fourth-order valence-corrected chi connectivity index (χ4v) is 4.19. The van der Waals surface area contributed by atoms with Gasteiger partial charge in [-0.1, -0.05) is 18.1 Å². The van der Waals surface area contributed by atoms with Crippen molar-refractivity contribution in [2.45, 2.75) is 13.0 Å². The van der Waals surface area contributed by atoms with Crippen LogP contribution < -0.4 is 15.1 Å². The van der Waals surface area contributed by atoms with Gasteiger partial charge < -0.3 is 15.0 Å². The molecule has 1 amide bonds. The summed E-state index contributed by atoms with van der Waals surface area (Å²) in [5.41, 5.74) is 1.10. The molecule has 1 unspecified atom stereocenters. The maximum atomic E-state index is 14.6. The molecule has 0 saturated carbocycles. The summed E-state index contributed by atoms with van der Waals surface area (Å²) in [5.74, 6) is 5.77. The molecule has 0 aromatic heterocycles. The van der Waals surface area contributed by atoms with Gasteiger partial charge in [0.25, 0.3) is 0 Å². The van der Waals surface area contributed by atoms with E-state index in [2.05, 4.69) is 11.2 Å². The number of anilines is 2. The van der Waals surface area contributed by atoms with Crippen LogP contribution in [0.5, 0.6) is 0 Å². The van der Waals surface area contributed by atoms with E-state index in [0.717, 1.165) is 24.6 Å². The van der Waals surface area contributed by atoms with E-state index in [9.17, 15) is 9.18 Å². The van der Waals surface area contributed by atoms with Gasteiger partial charge in [-0.2, -0.15) is 10.5 Å². The largest absolute Gasteiger partial charge is 0.442 e. The number of nitrogens with one attached hydrogen (secondary N) is 1. The van der Waals surface area contributed by atoms with Gasteiger partial charge in [-0.15, -0.1) is 0 Å². The second kappa shape index (κ2) is 7.70. The van der Waals surface area contributed by atoms with Crippen molar-refractivity contribution in [2.75, 3.05) is 47.5 Å². The Hall–Kier alpha value is -1.67. The Balaban J connectivity index is 1.69. The number of amides is 1. The second-order valence-electron chi connectivity index (χ2n) is 6.20. The van der Waals surface area contributed by atoms with Crippen molar-refractivity contribution >= 4 is 51.0 Å². The van der Waals surface area contributed by atoms with Crippen LogP contribution in [-0.2, 0) is 4.74 Å². The molecule has 1 N–H and O–H groups in total. The minimum Gasteiger partial charge on any atom is -0.442 e. The molecule has 1 aromatic rings. The normalized spacial score (nSPS) is 21.4. The van der Waals surface area contributed by atoms with Gasteiger partial charge in [0.05, 0.1) is 29.5 Å². The predicted octanol–water partition coefficient (Wildman–Crippen LogP) is 2.61. The number of halogens is 1. The number of cyclic esters (lactones) is 1. The molecule has 1 aromatic carbocycles. The number of carbonyl (C=O) groups is 1. The summed E-state index contributed by atoms with van der Waals surface area (Å²) >= 11 is 4.96. The van der Waals surface area contributed by atoms with Crippen LogP contribution in [0.4, 0.5) is 20.6 Å². The van der Waals surface area contributed by atoms with Gasteiger partial charge in [-0.25, -0.2) is 9.18 Å². The monoisotopic (exact) mass is 383 g/mol. The Morgan fingerprint density at radius 2 is 2.20 bits per heavy atom. The fourth-order valence-electron chi connectivity index (χ4n) is 2.95. The Kier molecular flexibility index (Phi) is 5.58. The molecule has 5 nitrogen and oxygen atoms in total. The first-order valence-electron chi connectivity index (χ1n) is 8.18. The van der Waals surface area contributed by atoms with E-state index in [1.54, 1.807) is 19.1 Å². The highest BCUT2D eigenvalue weighted by Gasteiger charge is 2.32. The molecule has 2 heterocycles. The topological polar surface area (TPSA) is 44.8 Å². The van der Waals surface area contributed by atoms with Crippen LogP contribution in [0, 0.1) is 5.82 Å². The molecule has 0 aliphatic carbocycles. The summed E-state index contributed by atoms with van der Waals surface area (Å²) in [6, 6.07) is 4.94. The van der Waals surface area contributed by atoms with E-state index in [-0.39, 0.29) is 22.4 Å². The average Bonchev–Trinajstić information content (AvgIpc) is 2.95. The first kappa shape index (κ1) is 18.1. The molecular formula is C17H22FN3O2S2. The molecule has 0 bridgehead atoms. The highest BCUT2D eigenvalue weighted by molar-refractivity contribution is 8.14. The quantitative estimate of drug-likeness (QED) is 0.810. The Bertz CT molecular complexity index is 703. The lowest BCUT2D eigenvalue weighted by Crippen LogP contribution is -2.34. The average molecular weight is 384 g/mol. The number of benzene rings is 1. The van der Waals surface area contributed by atoms with Crippen LogP contribution in [0.1, 0.15) is 6.92 Å². The smallest absolute Gasteiger partial charge is 0.414 e. The van der Waals surface area contributed by atoms with Crippen LogP contribution in [0.15, 0.2) is 18.2 Å². The van der Waals surface area contributed by atoms with E-state index in [1.165, 1.54) is 11.0 Å². The molecule has 25 heavy (non-hydrogen) atoms. The van der Waals surface area contributed by atoms with E-state index < -0.39 is 6.09 Å². The number of nitrogens with zero attached hydrogens (tertiary/aromatic N) is 2. The zero-order chi connectivity index (χ0) is 18.0. The van der Waals surface area contributed by atoms with Crippen molar-refractivity contribution in [1.82, 2.24) is 5.32 Å². The molecule has 2 aliphatic heterocycles. The van der Waals surface area contributed by atoms with Crippen LogP contribution in [0.2, 0.25) is 0 Å². The van der Waals surface area contributed by atoms with Gasteiger partial charge in [0.1, 0.15) is 11.9 Å². The van der Waals surface area contributed by atoms with Crippen molar-refractivity contribution < 1.29 is 13.9 Å². The first-order chi connectivity index (χ1) is 11.9. The zero-order valence-electron chi connectivity index (χ0n) is 14.2. The van der Waals surface area contributed by atoms with Crippen molar-refractivity contribution in [1.29, 1.82) is 0 Å². The number of ether oxygens (including phenoxy) is 1. The standard InChI is InChI=1S/C17H22FN3O2S2/c1-12(24)19-10-14-11-21(17(22)23-14)13-3-4-16(15(18)9-13)20-5-7-25(2)8-6-20/h3-4,9,14H,2,5-8,10-11H2,1H3,(H,19,24). The highest BCUT2D eigenvalue weighted by Crippen LogP contribution is 2.29. The van der Waals surface area contributed by atoms with Gasteiger partial charge >= 0.3 is 6.09 Å². The molecule has 1 atom stereocenters. The molecule has 2 fully saturated rings. The molecular weight excluding hydrogens is 361 g/mol. The van der Waals surface area contributed by atoms with Crippen LogP contribution in [-0.4, -0.2) is 60.7 Å². The third kappa shape index (κ3) is 4.30. The maximum absolute atomic E-state index is 14.6. The molecule has 2 saturated heterocycles. The maximum Gasteiger partial charge on any atom is 0.414 e. The molecule has 3 rings (SSSR count). The van der Waals surface area contributed by atoms with Crippen molar-refractivity contribution in [3.63, 3.8) is 0 Å². The number of hydrogen-bond acceptors (Lipinski definition) is 4. The number of rotatable bonds is 4. The molecule has 136 valence electrons. The second-order valence-corrected chi connectivity index (χ2v) is 8.85. The molecule has 0 radical (unpaired) electrons. The Morgan fingerprint density at radius 1 is 1.48 bits per heavy atom. The Morgan fingerprint density at radius 3 is 2.84 bits per heavy atom. The van der Waals surface area contributed by atoms with Gasteiger partial charge in [0.15, 0.2) is 0 Å². The van der Waals surface area contributed by atoms with Crippen molar-refractivity contribution in [3.05, 3.63) is 24.0 Å². The van der Waals surface area contributed by atoms with E-state index in [4.69, 9.17) is 17.0 Å². The lowest BCUT2D eigenvalue weighted by molar-refractivity contribution is 0.143. The summed E-state index contributed by atoms with van der Waals surface area (Å²) in [4.78, 5) is 16.2. The summed E-state index contributed by atoms with van der Waals surface area (Å²) in [6.45, 7) is 4.24. The van der Waals surface area contributed by atoms with Gasteiger partial charge in [-0.05, 0) is 25.1 Å². The summed E-state index contributed by atoms with van der Waals surface area (Å²) in [6.07, 6.45) is -0.759. The number of thiocarbonyl (C=S) groups is 1. The SMILES string of the molecule is C=S1CCN(c2ccc(N3CC(CNC(C)=S)OC3=O)cc2F)CC1. The highest BCUT2D eigenvalue weighted by atomic mass is 32.2. The third-order valence-corrected chi connectivity index (χ3v) is 6.00. The Labute approximate surface area is 155 Å². The molecule has 0 spiro atoms. The van der Waals surface area contributed by atoms with Gasteiger partial charge in [0.2, 0.25) is 0 Å². The van der Waals surface area contributed by atoms with Gasteiger partial charge in [-0.3, -0.25) is 4.90 Å². The lowest BCUT2D eigenvalue weighted by atomic mass is 10.2. The zero-order valence-corrected chi connectivity index (χ0v) is 15.8. The fraction of sp³-hybridized carbons (Fsp3) is 0.471. The number of hydrogen-bond donors (Lipinski definition) is 1.